The number of hydrogen-bond acceptors (Lipinski definition) is 6. The normalized spacial score (nSPS) is 15.7. The summed E-state index contributed by atoms with van der Waals surface area (Å²) in [6.45, 7) is 4.26. The summed E-state index contributed by atoms with van der Waals surface area (Å²) in [5, 5.41) is 2.87. The fraction of sp³-hybridized carbons (Fsp3) is 0.292. The number of rotatable bonds is 6. The van der Waals surface area contributed by atoms with E-state index >= 15 is 0 Å². The molecule has 0 saturated carbocycles. The van der Waals surface area contributed by atoms with Crippen LogP contribution in [0.2, 0.25) is 0 Å². The molecule has 0 bridgehead atoms. The van der Waals surface area contributed by atoms with Gasteiger partial charge in [-0.3, -0.25) is 9.69 Å². The number of amides is 1. The summed E-state index contributed by atoms with van der Waals surface area (Å²) in [6, 6.07) is 16.0. The lowest BCUT2D eigenvalue weighted by Gasteiger charge is -2.35. The minimum Gasteiger partial charge on any atom is -0.455 e. The Balaban J connectivity index is 1.12. The number of anilines is 1. The Morgan fingerprint density at radius 3 is 2.62 bits per heavy atom. The summed E-state index contributed by atoms with van der Waals surface area (Å²) in [4.78, 5) is 16.8. The maximum absolute atomic E-state index is 14.0. The van der Waals surface area contributed by atoms with Crippen LogP contribution in [0.15, 0.2) is 59.0 Å². The van der Waals surface area contributed by atoms with E-state index in [1.54, 1.807) is 12.1 Å². The van der Waals surface area contributed by atoms with Crippen molar-refractivity contribution in [2.24, 2.45) is 0 Å². The number of nitrogens with one attached hydrogen (secondary N) is 1. The van der Waals surface area contributed by atoms with E-state index in [1.807, 2.05) is 36.4 Å². The predicted molar refractivity (Wildman–Crippen MR) is 116 cm³/mol. The van der Waals surface area contributed by atoms with Crippen LogP contribution < -0.4 is 19.7 Å². The van der Waals surface area contributed by atoms with Crippen LogP contribution in [0.3, 0.4) is 0 Å². The number of nitrogens with zero attached hydrogens (tertiary/aromatic N) is 2. The third kappa shape index (κ3) is 4.40. The molecule has 7 nitrogen and oxygen atoms in total. The minimum atomic E-state index is -0.265. The maximum Gasteiger partial charge on any atom is 0.287 e. The van der Waals surface area contributed by atoms with Crippen LogP contribution in [-0.4, -0.2) is 43.8 Å². The lowest BCUT2D eigenvalue weighted by Crippen LogP contribution is -2.46. The molecule has 2 aliphatic rings. The molecular weight excluding hydrogens is 413 g/mol. The van der Waals surface area contributed by atoms with Gasteiger partial charge in [-0.2, -0.15) is 0 Å². The molecule has 3 aromatic rings. The fourth-order valence-corrected chi connectivity index (χ4v) is 3.98. The Morgan fingerprint density at radius 1 is 0.969 bits per heavy atom. The summed E-state index contributed by atoms with van der Waals surface area (Å²) in [5.41, 5.74) is 1.56. The predicted octanol–water partition coefficient (Wildman–Crippen LogP) is 3.40. The van der Waals surface area contributed by atoms with Crippen molar-refractivity contribution in [3.63, 3.8) is 0 Å². The largest absolute Gasteiger partial charge is 0.455 e. The standard InChI is InChI=1S/C24H24FN3O4/c25-19-3-1-2-4-20(19)28-11-9-27(10-12-28)15-18-6-8-22(32-18)24(29)26-14-17-5-7-21-23(13-17)31-16-30-21/h1-8,13H,9-12,14-16H2,(H,26,29). The van der Waals surface area contributed by atoms with Crippen molar-refractivity contribution in [3.05, 3.63) is 77.5 Å². The highest BCUT2D eigenvalue weighted by atomic mass is 19.1. The zero-order chi connectivity index (χ0) is 21.9. The first-order valence-electron chi connectivity index (χ1n) is 10.6. The van der Waals surface area contributed by atoms with Gasteiger partial charge in [0.1, 0.15) is 11.6 Å². The Kier molecular flexibility index (Phi) is 5.68. The quantitative estimate of drug-likeness (QED) is 0.638. The number of furan rings is 1. The molecular formula is C24H24FN3O4. The second kappa shape index (κ2) is 8.92. The van der Waals surface area contributed by atoms with E-state index < -0.39 is 0 Å². The summed E-state index contributed by atoms with van der Waals surface area (Å²) >= 11 is 0. The molecule has 166 valence electrons. The lowest BCUT2D eigenvalue weighted by atomic mass is 10.2. The Labute approximate surface area is 185 Å². The summed E-state index contributed by atoms with van der Waals surface area (Å²) in [5.74, 6) is 1.96. The monoisotopic (exact) mass is 437 g/mol. The summed E-state index contributed by atoms with van der Waals surface area (Å²) < 4.78 is 30.4. The van der Waals surface area contributed by atoms with Gasteiger partial charge in [0.2, 0.25) is 6.79 Å². The highest BCUT2D eigenvalue weighted by Crippen LogP contribution is 2.32. The highest BCUT2D eigenvalue weighted by Gasteiger charge is 2.21. The van der Waals surface area contributed by atoms with Gasteiger partial charge in [0.15, 0.2) is 17.3 Å². The SMILES string of the molecule is O=C(NCc1ccc2c(c1)OCO2)c1ccc(CN2CCN(c3ccccc3F)CC2)o1. The van der Waals surface area contributed by atoms with Crippen LogP contribution in [-0.2, 0) is 13.1 Å². The first-order chi connectivity index (χ1) is 15.7. The molecule has 0 spiro atoms. The molecule has 2 aromatic carbocycles. The molecule has 1 amide bonds. The smallest absolute Gasteiger partial charge is 0.287 e. The third-order valence-electron chi connectivity index (χ3n) is 5.72. The van der Waals surface area contributed by atoms with E-state index in [1.165, 1.54) is 6.07 Å². The molecule has 1 fully saturated rings. The van der Waals surface area contributed by atoms with E-state index in [0.29, 0.717) is 30.3 Å². The van der Waals surface area contributed by atoms with Gasteiger partial charge in [-0.1, -0.05) is 18.2 Å². The number of piperazine rings is 1. The molecule has 1 N–H and O–H groups in total. The zero-order valence-electron chi connectivity index (χ0n) is 17.6. The second-order valence-corrected chi connectivity index (χ2v) is 7.85. The highest BCUT2D eigenvalue weighted by molar-refractivity contribution is 5.91. The first kappa shape index (κ1) is 20.4. The molecule has 1 saturated heterocycles. The Morgan fingerprint density at radius 2 is 1.78 bits per heavy atom. The van der Waals surface area contributed by atoms with Crippen molar-refractivity contribution in [2.75, 3.05) is 37.9 Å². The fourth-order valence-electron chi connectivity index (χ4n) is 3.98. The molecule has 0 atom stereocenters. The molecule has 5 rings (SSSR count). The lowest BCUT2D eigenvalue weighted by molar-refractivity contribution is 0.0919. The van der Waals surface area contributed by atoms with Gasteiger partial charge in [0, 0.05) is 32.7 Å². The van der Waals surface area contributed by atoms with Gasteiger partial charge in [0.05, 0.1) is 12.2 Å². The van der Waals surface area contributed by atoms with Crippen LogP contribution in [0.5, 0.6) is 11.5 Å². The van der Waals surface area contributed by atoms with E-state index in [4.69, 9.17) is 13.9 Å². The minimum absolute atomic E-state index is 0.191. The second-order valence-electron chi connectivity index (χ2n) is 7.85. The number of halogens is 1. The number of carbonyl (C=O) groups is 1. The van der Waals surface area contributed by atoms with Gasteiger partial charge in [0.25, 0.3) is 5.91 Å². The summed E-state index contributed by atoms with van der Waals surface area (Å²) in [6.07, 6.45) is 0. The molecule has 1 aromatic heterocycles. The number of carbonyl (C=O) groups excluding carboxylic acids is 1. The Hall–Kier alpha value is -3.52. The number of hydrogen-bond donors (Lipinski definition) is 1. The van der Waals surface area contributed by atoms with Gasteiger partial charge < -0.3 is 24.1 Å². The molecule has 2 aliphatic heterocycles. The number of fused-ring (bicyclic) bond motifs is 1. The average molecular weight is 437 g/mol. The van der Waals surface area contributed by atoms with E-state index in [2.05, 4.69) is 15.1 Å². The van der Waals surface area contributed by atoms with E-state index in [9.17, 15) is 9.18 Å². The molecule has 0 aliphatic carbocycles. The maximum atomic E-state index is 14.0. The van der Waals surface area contributed by atoms with E-state index in [0.717, 1.165) is 37.5 Å². The van der Waals surface area contributed by atoms with Crippen molar-refractivity contribution >= 4 is 11.6 Å². The van der Waals surface area contributed by atoms with Crippen LogP contribution >= 0.6 is 0 Å². The zero-order valence-corrected chi connectivity index (χ0v) is 17.6. The Bertz CT molecular complexity index is 1110. The number of para-hydroxylation sites is 1. The third-order valence-corrected chi connectivity index (χ3v) is 5.72. The van der Waals surface area contributed by atoms with Crippen molar-refractivity contribution in [2.45, 2.75) is 13.1 Å². The number of benzene rings is 2. The van der Waals surface area contributed by atoms with Gasteiger partial charge in [-0.05, 0) is 42.0 Å². The van der Waals surface area contributed by atoms with Crippen molar-refractivity contribution in [1.82, 2.24) is 10.2 Å². The van der Waals surface area contributed by atoms with Gasteiger partial charge in [-0.25, -0.2) is 4.39 Å². The molecule has 0 unspecified atom stereocenters. The van der Waals surface area contributed by atoms with Crippen LogP contribution in [0.25, 0.3) is 0 Å². The van der Waals surface area contributed by atoms with Crippen molar-refractivity contribution in [1.29, 1.82) is 0 Å². The topological polar surface area (TPSA) is 67.2 Å². The van der Waals surface area contributed by atoms with Crippen LogP contribution in [0, 0.1) is 5.82 Å². The van der Waals surface area contributed by atoms with E-state index in [-0.39, 0.29) is 24.3 Å². The summed E-state index contributed by atoms with van der Waals surface area (Å²) in [7, 11) is 0. The number of ether oxygens (including phenoxy) is 2. The molecule has 0 radical (unpaired) electrons. The van der Waals surface area contributed by atoms with Crippen molar-refractivity contribution in [3.8, 4) is 11.5 Å². The van der Waals surface area contributed by atoms with Crippen LogP contribution in [0.1, 0.15) is 21.9 Å². The first-order valence-corrected chi connectivity index (χ1v) is 10.6. The molecule has 32 heavy (non-hydrogen) atoms. The van der Waals surface area contributed by atoms with Gasteiger partial charge >= 0.3 is 0 Å². The molecule has 3 heterocycles. The molecule has 8 heteroatoms. The van der Waals surface area contributed by atoms with Crippen LogP contribution in [0.4, 0.5) is 10.1 Å². The van der Waals surface area contributed by atoms with Gasteiger partial charge in [-0.15, -0.1) is 0 Å². The van der Waals surface area contributed by atoms with Crippen molar-refractivity contribution < 1.29 is 23.1 Å². The average Bonchev–Trinajstić information content (AvgIpc) is 3.48.